The SMILES string of the molecule is COCCCn1c(C)cc(C(=O)COC(=O)c2cc(Cl)nc3ccccc23)c1C. The lowest BCUT2D eigenvalue weighted by Gasteiger charge is -2.10. The highest BCUT2D eigenvalue weighted by Gasteiger charge is 2.19. The summed E-state index contributed by atoms with van der Waals surface area (Å²) in [6, 6.07) is 10.4. The normalized spacial score (nSPS) is 11.0. The lowest BCUT2D eigenvalue weighted by atomic mass is 10.1. The van der Waals surface area contributed by atoms with Crippen molar-refractivity contribution in [2.45, 2.75) is 26.8 Å². The molecule has 0 aliphatic carbocycles. The number of fused-ring (bicyclic) bond motifs is 1. The predicted octanol–water partition coefficient (Wildman–Crippen LogP) is 4.38. The predicted molar refractivity (Wildman–Crippen MR) is 112 cm³/mol. The Bertz CT molecular complexity index is 1060. The first-order chi connectivity index (χ1) is 13.9. The summed E-state index contributed by atoms with van der Waals surface area (Å²) in [5.41, 5.74) is 3.29. The monoisotopic (exact) mass is 414 g/mol. The van der Waals surface area contributed by atoms with E-state index in [1.54, 1.807) is 25.3 Å². The maximum absolute atomic E-state index is 12.7. The van der Waals surface area contributed by atoms with Crippen LogP contribution in [-0.2, 0) is 16.0 Å². The van der Waals surface area contributed by atoms with Crippen LogP contribution in [0.2, 0.25) is 5.15 Å². The van der Waals surface area contributed by atoms with Gasteiger partial charge in [0.2, 0.25) is 5.78 Å². The van der Waals surface area contributed by atoms with E-state index in [-0.39, 0.29) is 17.5 Å². The number of aromatic nitrogens is 2. The van der Waals surface area contributed by atoms with Crippen LogP contribution < -0.4 is 0 Å². The summed E-state index contributed by atoms with van der Waals surface area (Å²) in [6.45, 7) is 4.93. The number of halogens is 1. The van der Waals surface area contributed by atoms with Crippen molar-refractivity contribution < 1.29 is 19.1 Å². The van der Waals surface area contributed by atoms with Crippen LogP contribution in [0.4, 0.5) is 0 Å². The van der Waals surface area contributed by atoms with E-state index in [1.807, 2.05) is 26.0 Å². The molecule has 0 aliphatic heterocycles. The molecule has 0 atom stereocenters. The van der Waals surface area contributed by atoms with Gasteiger partial charge < -0.3 is 14.0 Å². The van der Waals surface area contributed by atoms with Crippen molar-refractivity contribution in [1.82, 2.24) is 9.55 Å². The number of aryl methyl sites for hydroxylation is 1. The number of carbonyl (C=O) groups excluding carboxylic acids is 2. The van der Waals surface area contributed by atoms with Crippen LogP contribution in [0.1, 0.15) is 38.5 Å². The number of ether oxygens (including phenoxy) is 2. The molecule has 152 valence electrons. The van der Waals surface area contributed by atoms with Crippen LogP contribution in [0, 0.1) is 13.8 Å². The van der Waals surface area contributed by atoms with Crippen LogP contribution >= 0.6 is 11.6 Å². The summed E-state index contributed by atoms with van der Waals surface area (Å²) in [4.78, 5) is 29.5. The highest BCUT2D eigenvalue weighted by Crippen LogP contribution is 2.22. The molecule has 2 heterocycles. The van der Waals surface area contributed by atoms with Crippen LogP contribution in [0.5, 0.6) is 0 Å². The topological polar surface area (TPSA) is 70.4 Å². The average Bonchev–Trinajstić information content (AvgIpc) is 2.99. The lowest BCUT2D eigenvalue weighted by molar-refractivity contribution is 0.0476. The van der Waals surface area contributed by atoms with E-state index in [1.165, 1.54) is 6.07 Å². The fourth-order valence-corrected chi connectivity index (χ4v) is 3.59. The third-order valence-corrected chi connectivity index (χ3v) is 5.04. The summed E-state index contributed by atoms with van der Waals surface area (Å²) < 4.78 is 12.5. The summed E-state index contributed by atoms with van der Waals surface area (Å²) >= 11 is 6.02. The van der Waals surface area contributed by atoms with E-state index in [2.05, 4.69) is 9.55 Å². The zero-order valence-corrected chi connectivity index (χ0v) is 17.5. The second-order valence-corrected chi connectivity index (χ2v) is 7.18. The number of carbonyl (C=O) groups is 2. The molecule has 6 nitrogen and oxygen atoms in total. The summed E-state index contributed by atoms with van der Waals surface area (Å²) in [7, 11) is 1.66. The number of hydrogen-bond acceptors (Lipinski definition) is 5. The van der Waals surface area contributed by atoms with Crippen molar-refractivity contribution >= 4 is 34.3 Å². The van der Waals surface area contributed by atoms with Crippen molar-refractivity contribution in [3.63, 3.8) is 0 Å². The van der Waals surface area contributed by atoms with Crippen LogP contribution in [-0.4, -0.2) is 41.6 Å². The molecule has 0 unspecified atom stereocenters. The molecule has 3 rings (SSSR count). The molecule has 3 aromatic rings. The summed E-state index contributed by atoms with van der Waals surface area (Å²) in [5, 5.41) is 0.826. The Kier molecular flexibility index (Phi) is 6.67. The molecule has 0 saturated carbocycles. The van der Waals surface area contributed by atoms with E-state index in [0.29, 0.717) is 28.6 Å². The minimum atomic E-state index is -0.604. The van der Waals surface area contributed by atoms with Gasteiger partial charge in [-0.2, -0.15) is 0 Å². The molecule has 0 aliphatic rings. The second-order valence-electron chi connectivity index (χ2n) is 6.79. The zero-order chi connectivity index (χ0) is 21.0. The van der Waals surface area contributed by atoms with Gasteiger partial charge in [-0.25, -0.2) is 9.78 Å². The van der Waals surface area contributed by atoms with Gasteiger partial charge in [0.1, 0.15) is 5.15 Å². The largest absolute Gasteiger partial charge is 0.454 e. The quantitative estimate of drug-likeness (QED) is 0.237. The van der Waals surface area contributed by atoms with Gasteiger partial charge >= 0.3 is 5.97 Å². The van der Waals surface area contributed by atoms with E-state index in [0.717, 1.165) is 24.4 Å². The van der Waals surface area contributed by atoms with Crippen molar-refractivity contribution in [1.29, 1.82) is 0 Å². The number of esters is 1. The number of ketones is 1. The molecule has 0 spiro atoms. The minimum absolute atomic E-state index is 0.196. The van der Waals surface area contributed by atoms with Crippen molar-refractivity contribution in [3.8, 4) is 0 Å². The van der Waals surface area contributed by atoms with E-state index < -0.39 is 5.97 Å². The van der Waals surface area contributed by atoms with Crippen LogP contribution in [0.3, 0.4) is 0 Å². The van der Waals surface area contributed by atoms with E-state index in [4.69, 9.17) is 21.1 Å². The molecule has 0 fully saturated rings. The highest BCUT2D eigenvalue weighted by atomic mass is 35.5. The Morgan fingerprint density at radius 2 is 1.90 bits per heavy atom. The molecular weight excluding hydrogens is 392 g/mol. The lowest BCUT2D eigenvalue weighted by Crippen LogP contribution is -2.15. The Balaban J connectivity index is 1.73. The summed E-state index contributed by atoms with van der Waals surface area (Å²) in [6.07, 6.45) is 0.853. The Hall–Kier alpha value is -2.70. The third-order valence-electron chi connectivity index (χ3n) is 4.84. The molecule has 0 radical (unpaired) electrons. The zero-order valence-electron chi connectivity index (χ0n) is 16.7. The second kappa shape index (κ2) is 9.20. The Morgan fingerprint density at radius 3 is 2.66 bits per heavy atom. The first-order valence-electron chi connectivity index (χ1n) is 9.33. The van der Waals surface area contributed by atoms with Crippen molar-refractivity contribution in [2.75, 3.05) is 20.3 Å². The van der Waals surface area contributed by atoms with Gasteiger partial charge in [0.05, 0.1) is 11.1 Å². The Morgan fingerprint density at radius 1 is 1.14 bits per heavy atom. The van der Waals surface area contributed by atoms with Gasteiger partial charge in [0.15, 0.2) is 6.61 Å². The number of methoxy groups -OCH3 is 1. The number of pyridine rings is 1. The van der Waals surface area contributed by atoms with Crippen LogP contribution in [0.25, 0.3) is 10.9 Å². The average molecular weight is 415 g/mol. The number of para-hydroxylation sites is 1. The Labute approximate surface area is 174 Å². The number of benzene rings is 1. The van der Waals surface area contributed by atoms with Gasteiger partial charge in [-0.3, -0.25) is 4.79 Å². The molecule has 0 N–H and O–H groups in total. The number of nitrogens with zero attached hydrogens (tertiary/aromatic N) is 2. The van der Waals surface area contributed by atoms with Crippen molar-refractivity contribution in [2.24, 2.45) is 0 Å². The molecule has 7 heteroatoms. The minimum Gasteiger partial charge on any atom is -0.454 e. The smallest absolute Gasteiger partial charge is 0.339 e. The van der Waals surface area contributed by atoms with Gasteiger partial charge in [-0.05, 0) is 38.5 Å². The fraction of sp³-hybridized carbons (Fsp3) is 0.318. The van der Waals surface area contributed by atoms with Crippen molar-refractivity contribution in [3.05, 3.63) is 64.1 Å². The first-order valence-corrected chi connectivity index (χ1v) is 9.71. The molecule has 1 aromatic carbocycles. The summed E-state index contributed by atoms with van der Waals surface area (Å²) in [5.74, 6) is -0.846. The number of rotatable bonds is 8. The van der Waals surface area contributed by atoms with Gasteiger partial charge in [0.25, 0.3) is 0 Å². The van der Waals surface area contributed by atoms with Gasteiger partial charge in [-0.15, -0.1) is 0 Å². The van der Waals surface area contributed by atoms with Gasteiger partial charge in [0, 0.05) is 42.6 Å². The number of Topliss-reactive ketones (excluding diaryl/α,β-unsaturated/α-hetero) is 1. The molecule has 0 saturated heterocycles. The molecule has 0 bridgehead atoms. The fourth-order valence-electron chi connectivity index (χ4n) is 3.39. The molecule has 0 amide bonds. The van der Waals surface area contributed by atoms with E-state index >= 15 is 0 Å². The molecule has 2 aromatic heterocycles. The maximum Gasteiger partial charge on any atom is 0.339 e. The third kappa shape index (κ3) is 4.66. The molecular formula is C22H23ClN2O4. The van der Waals surface area contributed by atoms with E-state index in [9.17, 15) is 9.59 Å². The number of hydrogen-bond donors (Lipinski definition) is 0. The standard InChI is InChI=1S/C22H23ClN2O4/c1-14-11-17(15(2)25(14)9-6-10-28-3)20(26)13-29-22(27)18-12-21(23)24-19-8-5-4-7-16(18)19/h4-5,7-8,11-12H,6,9-10,13H2,1-3H3. The highest BCUT2D eigenvalue weighted by molar-refractivity contribution is 6.30. The molecule has 29 heavy (non-hydrogen) atoms. The first kappa shape index (κ1) is 21.0. The van der Waals surface area contributed by atoms with Gasteiger partial charge in [-0.1, -0.05) is 29.8 Å². The van der Waals surface area contributed by atoms with Crippen LogP contribution in [0.15, 0.2) is 36.4 Å². The maximum atomic E-state index is 12.7.